The normalized spacial score (nSPS) is 13.2. The lowest BCUT2D eigenvalue weighted by molar-refractivity contribution is -0.0974. The van der Waals surface area contributed by atoms with Gasteiger partial charge >= 0.3 is 0 Å². The lowest BCUT2D eigenvalue weighted by Crippen LogP contribution is -2.34. The number of pyridine rings is 1. The highest BCUT2D eigenvalue weighted by molar-refractivity contribution is 5.94. The van der Waals surface area contributed by atoms with Crippen molar-refractivity contribution >= 4 is 17.4 Å². The number of benzene rings is 1. The van der Waals surface area contributed by atoms with Crippen LogP contribution in [0.1, 0.15) is 15.9 Å². The van der Waals surface area contributed by atoms with Crippen molar-refractivity contribution in [3.8, 4) is 0 Å². The van der Waals surface area contributed by atoms with Gasteiger partial charge < -0.3 is 19.7 Å². The van der Waals surface area contributed by atoms with Crippen LogP contribution in [0.2, 0.25) is 0 Å². The van der Waals surface area contributed by atoms with E-state index in [1.54, 1.807) is 12.3 Å². The summed E-state index contributed by atoms with van der Waals surface area (Å²) < 4.78 is 10.1. The molecule has 2 aromatic rings. The van der Waals surface area contributed by atoms with Gasteiger partial charge in [-0.05, 0) is 30.2 Å². The van der Waals surface area contributed by atoms with Crippen molar-refractivity contribution in [2.24, 2.45) is 0 Å². The topological polar surface area (TPSA) is 63.7 Å². The number of nitrogens with one attached hydrogen (secondary N) is 1. The van der Waals surface area contributed by atoms with Crippen LogP contribution in [0.5, 0.6) is 0 Å². The third-order valence-corrected chi connectivity index (χ3v) is 4.13. The lowest BCUT2D eigenvalue weighted by atomic mass is 10.2. The SMILES string of the molecule is COC(CNC(=O)c1ccc(N2CCc3ccccc32)nc1)OC. The van der Waals surface area contributed by atoms with E-state index in [9.17, 15) is 4.79 Å². The van der Waals surface area contributed by atoms with E-state index in [4.69, 9.17) is 9.47 Å². The number of carbonyl (C=O) groups is 1. The number of fused-ring (bicyclic) bond motifs is 1. The molecule has 1 N–H and O–H groups in total. The second-order valence-electron chi connectivity index (χ2n) is 5.55. The van der Waals surface area contributed by atoms with Gasteiger partial charge in [0.05, 0.1) is 12.1 Å². The highest BCUT2D eigenvalue weighted by Gasteiger charge is 2.20. The number of ether oxygens (including phenoxy) is 2. The van der Waals surface area contributed by atoms with Crippen LogP contribution in [0.4, 0.5) is 11.5 Å². The minimum atomic E-state index is -0.456. The molecule has 0 fully saturated rings. The molecule has 1 aliphatic heterocycles. The van der Waals surface area contributed by atoms with Gasteiger partial charge in [-0.25, -0.2) is 4.98 Å². The molecule has 126 valence electrons. The Bertz CT molecular complexity index is 699. The van der Waals surface area contributed by atoms with Crippen molar-refractivity contribution in [3.05, 3.63) is 53.7 Å². The molecule has 0 aliphatic carbocycles. The monoisotopic (exact) mass is 327 g/mol. The Hall–Kier alpha value is -2.44. The van der Waals surface area contributed by atoms with Crippen LogP contribution >= 0.6 is 0 Å². The molecule has 1 aliphatic rings. The number of para-hydroxylation sites is 1. The minimum absolute atomic E-state index is 0.199. The first kappa shape index (κ1) is 16.4. The number of amides is 1. The Balaban J connectivity index is 1.67. The Labute approximate surface area is 141 Å². The number of carbonyl (C=O) groups excluding carboxylic acids is 1. The smallest absolute Gasteiger partial charge is 0.253 e. The van der Waals surface area contributed by atoms with E-state index in [1.807, 2.05) is 12.1 Å². The molecular weight excluding hydrogens is 306 g/mol. The van der Waals surface area contributed by atoms with Gasteiger partial charge in [0.1, 0.15) is 5.82 Å². The fourth-order valence-corrected chi connectivity index (χ4v) is 2.80. The zero-order valence-electron chi connectivity index (χ0n) is 13.9. The molecule has 6 heteroatoms. The first-order valence-electron chi connectivity index (χ1n) is 7.88. The van der Waals surface area contributed by atoms with Crippen LogP contribution < -0.4 is 10.2 Å². The molecule has 0 atom stereocenters. The molecule has 0 saturated heterocycles. The third kappa shape index (κ3) is 3.39. The van der Waals surface area contributed by atoms with Gasteiger partial charge in [0.25, 0.3) is 5.91 Å². The van der Waals surface area contributed by atoms with Gasteiger partial charge in [-0.1, -0.05) is 18.2 Å². The van der Waals surface area contributed by atoms with Crippen LogP contribution in [0.25, 0.3) is 0 Å². The highest BCUT2D eigenvalue weighted by atomic mass is 16.7. The van der Waals surface area contributed by atoms with Gasteiger partial charge in [-0.15, -0.1) is 0 Å². The van der Waals surface area contributed by atoms with Crippen molar-refractivity contribution in [1.82, 2.24) is 10.3 Å². The van der Waals surface area contributed by atoms with Crippen LogP contribution in [0, 0.1) is 0 Å². The van der Waals surface area contributed by atoms with E-state index in [2.05, 4.69) is 33.4 Å². The van der Waals surface area contributed by atoms with Gasteiger partial charge in [-0.3, -0.25) is 4.79 Å². The van der Waals surface area contributed by atoms with E-state index in [0.717, 1.165) is 18.8 Å². The summed E-state index contributed by atoms with van der Waals surface area (Å²) >= 11 is 0. The summed E-state index contributed by atoms with van der Waals surface area (Å²) in [6.45, 7) is 1.19. The zero-order chi connectivity index (χ0) is 16.9. The largest absolute Gasteiger partial charge is 0.354 e. The number of hydrogen-bond donors (Lipinski definition) is 1. The molecule has 1 aromatic carbocycles. The Morgan fingerprint density at radius 1 is 1.25 bits per heavy atom. The van der Waals surface area contributed by atoms with Crippen molar-refractivity contribution in [1.29, 1.82) is 0 Å². The van der Waals surface area contributed by atoms with Crippen LogP contribution in [0.15, 0.2) is 42.6 Å². The van der Waals surface area contributed by atoms with E-state index in [1.165, 1.54) is 25.5 Å². The highest BCUT2D eigenvalue weighted by Crippen LogP contribution is 2.32. The molecule has 1 amide bonds. The molecule has 6 nitrogen and oxygen atoms in total. The van der Waals surface area contributed by atoms with Crippen LogP contribution in [-0.4, -0.2) is 44.5 Å². The van der Waals surface area contributed by atoms with E-state index < -0.39 is 6.29 Å². The average molecular weight is 327 g/mol. The predicted molar refractivity (Wildman–Crippen MR) is 91.5 cm³/mol. The summed E-state index contributed by atoms with van der Waals surface area (Å²) in [6.07, 6.45) is 2.15. The molecular formula is C18H21N3O3. The van der Waals surface area contributed by atoms with Gasteiger partial charge in [0.2, 0.25) is 0 Å². The van der Waals surface area contributed by atoms with Gasteiger partial charge in [-0.2, -0.15) is 0 Å². The van der Waals surface area contributed by atoms with Gasteiger partial charge in [0.15, 0.2) is 6.29 Å². The van der Waals surface area contributed by atoms with Crippen molar-refractivity contribution in [2.45, 2.75) is 12.7 Å². The number of methoxy groups -OCH3 is 2. The third-order valence-electron chi connectivity index (χ3n) is 4.13. The fraction of sp³-hybridized carbons (Fsp3) is 0.333. The second kappa shape index (κ2) is 7.42. The lowest BCUT2D eigenvalue weighted by Gasteiger charge is -2.18. The minimum Gasteiger partial charge on any atom is -0.354 e. The van der Waals surface area contributed by atoms with E-state index in [0.29, 0.717) is 5.56 Å². The Morgan fingerprint density at radius 3 is 2.75 bits per heavy atom. The predicted octanol–water partition coefficient (Wildman–Crippen LogP) is 2.12. The maximum absolute atomic E-state index is 12.1. The fourth-order valence-electron chi connectivity index (χ4n) is 2.80. The molecule has 0 bridgehead atoms. The molecule has 1 aromatic heterocycles. The summed E-state index contributed by atoms with van der Waals surface area (Å²) in [7, 11) is 3.06. The summed E-state index contributed by atoms with van der Waals surface area (Å²) in [6, 6.07) is 12.0. The maximum Gasteiger partial charge on any atom is 0.253 e. The van der Waals surface area contributed by atoms with Crippen LogP contribution in [0.3, 0.4) is 0 Å². The molecule has 0 saturated carbocycles. The molecule has 0 unspecified atom stereocenters. The molecule has 2 heterocycles. The average Bonchev–Trinajstić information content (AvgIpc) is 3.06. The molecule has 0 radical (unpaired) electrons. The van der Waals surface area contributed by atoms with E-state index in [-0.39, 0.29) is 12.5 Å². The van der Waals surface area contributed by atoms with Crippen molar-refractivity contribution < 1.29 is 14.3 Å². The van der Waals surface area contributed by atoms with Crippen LogP contribution in [-0.2, 0) is 15.9 Å². The molecule has 24 heavy (non-hydrogen) atoms. The summed E-state index contributed by atoms with van der Waals surface area (Å²) in [5, 5.41) is 2.76. The first-order chi connectivity index (χ1) is 11.7. The number of aromatic nitrogens is 1. The summed E-state index contributed by atoms with van der Waals surface area (Å²) in [5.74, 6) is 0.651. The number of rotatable bonds is 6. The standard InChI is InChI=1S/C18H21N3O3/c1-23-17(24-2)12-20-18(22)14-7-8-16(19-11-14)21-10-9-13-5-3-4-6-15(13)21/h3-8,11,17H,9-10,12H2,1-2H3,(H,20,22). The summed E-state index contributed by atoms with van der Waals surface area (Å²) in [4.78, 5) is 18.8. The zero-order valence-corrected chi connectivity index (χ0v) is 13.9. The number of hydrogen-bond acceptors (Lipinski definition) is 5. The summed E-state index contributed by atoms with van der Waals surface area (Å²) in [5.41, 5.74) is 3.02. The maximum atomic E-state index is 12.1. The molecule has 0 spiro atoms. The quantitative estimate of drug-likeness (QED) is 0.824. The Kier molecular flexibility index (Phi) is 5.08. The van der Waals surface area contributed by atoms with Gasteiger partial charge in [0, 0.05) is 32.6 Å². The first-order valence-corrected chi connectivity index (χ1v) is 7.88. The number of nitrogens with zero attached hydrogens (tertiary/aromatic N) is 2. The molecule has 3 rings (SSSR count). The second-order valence-corrected chi connectivity index (χ2v) is 5.55. The van der Waals surface area contributed by atoms with Crippen molar-refractivity contribution in [2.75, 3.05) is 32.2 Å². The number of anilines is 2. The Morgan fingerprint density at radius 2 is 2.04 bits per heavy atom. The van der Waals surface area contributed by atoms with Crippen molar-refractivity contribution in [3.63, 3.8) is 0 Å². The van der Waals surface area contributed by atoms with E-state index >= 15 is 0 Å².